The largest absolute Gasteiger partial charge is 0.396 e. The molecule has 2 aromatic heterocycles. The van der Waals surface area contributed by atoms with Crippen LogP contribution in [-0.4, -0.2) is 9.38 Å². The number of hydrogen-bond acceptors (Lipinski definition) is 2. The highest BCUT2D eigenvalue weighted by molar-refractivity contribution is 5.85. The number of nitrogens with zero attached hydrogens (tertiary/aromatic N) is 2. The number of imidazole rings is 1. The number of pyridine rings is 1. The van der Waals surface area contributed by atoms with Crippen molar-refractivity contribution in [2.75, 3.05) is 5.73 Å². The fourth-order valence-electron chi connectivity index (χ4n) is 1.16. The number of halogens is 1. The third-order valence-electron chi connectivity index (χ3n) is 1.63. The lowest BCUT2D eigenvalue weighted by molar-refractivity contribution is 1.19. The van der Waals surface area contributed by atoms with E-state index in [1.54, 1.807) is 0 Å². The second-order valence-corrected chi connectivity index (χ2v) is 2.58. The van der Waals surface area contributed by atoms with Gasteiger partial charge in [-0.1, -0.05) is 0 Å². The van der Waals surface area contributed by atoms with E-state index in [1.807, 2.05) is 35.9 Å². The van der Waals surface area contributed by atoms with Gasteiger partial charge < -0.3 is 10.1 Å². The smallest absolute Gasteiger partial charge is 0.160 e. The fourth-order valence-corrected chi connectivity index (χ4v) is 1.16. The summed E-state index contributed by atoms with van der Waals surface area (Å²) in [5, 5.41) is 0. The number of fused-ring (bicyclic) bond motifs is 1. The Bertz CT molecular complexity index is 394. The normalized spacial score (nSPS) is 9.75. The van der Waals surface area contributed by atoms with E-state index in [4.69, 9.17) is 5.73 Å². The second-order valence-electron chi connectivity index (χ2n) is 2.58. The molecule has 0 fully saturated rings. The van der Waals surface area contributed by atoms with Crippen molar-refractivity contribution in [3.05, 3.63) is 30.2 Å². The zero-order chi connectivity index (χ0) is 7.84. The predicted octanol–water partition coefficient (Wildman–Crippen LogP) is 1.65. The summed E-state index contributed by atoms with van der Waals surface area (Å²) in [6.45, 7) is 1.95. The van der Waals surface area contributed by atoms with Crippen molar-refractivity contribution in [3.8, 4) is 0 Å². The van der Waals surface area contributed by atoms with E-state index in [9.17, 15) is 0 Å². The molecule has 4 heteroatoms. The molecule has 0 aliphatic carbocycles. The first-order chi connectivity index (χ1) is 5.27. The Kier molecular flexibility index (Phi) is 2.24. The number of aromatic nitrogens is 2. The Balaban J connectivity index is 0.000000720. The molecule has 0 saturated carbocycles. The molecule has 0 saturated heterocycles. The molecule has 2 rings (SSSR count). The predicted molar refractivity (Wildman–Crippen MR) is 51.6 cm³/mol. The molecule has 0 radical (unpaired) electrons. The van der Waals surface area contributed by atoms with Crippen LogP contribution >= 0.6 is 12.4 Å². The maximum absolute atomic E-state index is 5.69. The van der Waals surface area contributed by atoms with E-state index in [-0.39, 0.29) is 12.4 Å². The van der Waals surface area contributed by atoms with Gasteiger partial charge in [-0.2, -0.15) is 0 Å². The molecule has 3 nitrogen and oxygen atoms in total. The highest BCUT2D eigenvalue weighted by Crippen LogP contribution is 2.11. The lowest BCUT2D eigenvalue weighted by atomic mass is 10.4. The molecule has 0 atom stereocenters. The van der Waals surface area contributed by atoms with Crippen LogP contribution < -0.4 is 5.73 Å². The first-order valence-electron chi connectivity index (χ1n) is 3.47. The van der Waals surface area contributed by atoms with Gasteiger partial charge in [0.05, 0.1) is 11.4 Å². The summed E-state index contributed by atoms with van der Waals surface area (Å²) in [4.78, 5) is 4.25. The number of rotatable bonds is 0. The van der Waals surface area contributed by atoms with Crippen molar-refractivity contribution in [2.24, 2.45) is 0 Å². The fraction of sp³-hybridized carbons (Fsp3) is 0.125. The molecule has 0 aliphatic heterocycles. The molecule has 0 amide bonds. The van der Waals surface area contributed by atoms with Crippen LogP contribution in [0.15, 0.2) is 24.5 Å². The third-order valence-corrected chi connectivity index (χ3v) is 1.63. The van der Waals surface area contributed by atoms with E-state index in [0.29, 0.717) is 0 Å². The molecule has 2 aromatic rings. The molecular weight excluding hydrogens is 174 g/mol. The van der Waals surface area contributed by atoms with E-state index in [1.165, 1.54) is 0 Å². The van der Waals surface area contributed by atoms with Crippen LogP contribution in [-0.2, 0) is 0 Å². The van der Waals surface area contributed by atoms with Crippen molar-refractivity contribution >= 4 is 23.7 Å². The highest BCUT2D eigenvalue weighted by Gasteiger charge is 1.98. The maximum atomic E-state index is 5.69. The molecule has 2 N–H and O–H groups in total. The van der Waals surface area contributed by atoms with Gasteiger partial charge in [-0.25, -0.2) is 4.98 Å². The van der Waals surface area contributed by atoms with Crippen molar-refractivity contribution in [3.63, 3.8) is 0 Å². The lowest BCUT2D eigenvalue weighted by Crippen LogP contribution is -1.90. The molecule has 2 heterocycles. The minimum absolute atomic E-state index is 0. The van der Waals surface area contributed by atoms with Crippen LogP contribution in [0.4, 0.5) is 5.69 Å². The second kappa shape index (κ2) is 3.03. The zero-order valence-corrected chi connectivity index (χ0v) is 7.51. The van der Waals surface area contributed by atoms with Crippen molar-refractivity contribution < 1.29 is 0 Å². The van der Waals surface area contributed by atoms with Crippen molar-refractivity contribution in [1.29, 1.82) is 0 Å². The molecule has 0 unspecified atom stereocenters. The summed E-state index contributed by atoms with van der Waals surface area (Å²) < 4.78 is 1.92. The summed E-state index contributed by atoms with van der Waals surface area (Å²) in [5.41, 5.74) is 8.24. The van der Waals surface area contributed by atoms with Crippen LogP contribution in [0.5, 0.6) is 0 Å². The van der Waals surface area contributed by atoms with E-state index >= 15 is 0 Å². The Labute approximate surface area is 76.6 Å². The molecule has 0 spiro atoms. The Hall–Kier alpha value is -1.22. The minimum Gasteiger partial charge on any atom is -0.396 e. The average molecular weight is 184 g/mol. The standard InChI is InChI=1S/C8H9N3.ClH/c1-6-5-11-4-2-3-7(9)8(11)10-6;/h2-5H,9H2,1H3;1H. The lowest BCUT2D eigenvalue weighted by Gasteiger charge is -1.94. The number of nitrogen functional groups attached to an aromatic ring is 1. The van der Waals surface area contributed by atoms with Crippen LogP contribution in [0.25, 0.3) is 5.65 Å². The van der Waals surface area contributed by atoms with Gasteiger partial charge in [0, 0.05) is 12.4 Å². The van der Waals surface area contributed by atoms with Gasteiger partial charge in [0.1, 0.15) is 0 Å². The first-order valence-corrected chi connectivity index (χ1v) is 3.47. The molecular formula is C8H10ClN3. The Morgan fingerprint density at radius 3 is 2.92 bits per heavy atom. The molecule has 0 bridgehead atoms. The van der Waals surface area contributed by atoms with Crippen molar-refractivity contribution in [2.45, 2.75) is 6.92 Å². The van der Waals surface area contributed by atoms with Crippen LogP contribution in [0.1, 0.15) is 5.69 Å². The SMILES string of the molecule is Cc1cn2cccc(N)c2n1.Cl. The average Bonchev–Trinajstić information content (AvgIpc) is 2.31. The summed E-state index contributed by atoms with van der Waals surface area (Å²) in [7, 11) is 0. The van der Waals surface area contributed by atoms with E-state index in [0.717, 1.165) is 17.0 Å². The minimum atomic E-state index is 0. The number of aryl methyl sites for hydroxylation is 1. The topological polar surface area (TPSA) is 43.3 Å². The summed E-state index contributed by atoms with van der Waals surface area (Å²) in [6, 6.07) is 3.76. The van der Waals surface area contributed by atoms with Gasteiger partial charge in [0.2, 0.25) is 0 Å². The number of anilines is 1. The summed E-state index contributed by atoms with van der Waals surface area (Å²) >= 11 is 0. The van der Waals surface area contributed by atoms with Gasteiger partial charge in [-0.15, -0.1) is 12.4 Å². The number of hydrogen-bond donors (Lipinski definition) is 1. The van der Waals surface area contributed by atoms with E-state index < -0.39 is 0 Å². The van der Waals surface area contributed by atoms with Gasteiger partial charge in [0.15, 0.2) is 5.65 Å². The monoisotopic (exact) mass is 183 g/mol. The van der Waals surface area contributed by atoms with Crippen LogP contribution in [0.2, 0.25) is 0 Å². The van der Waals surface area contributed by atoms with Crippen LogP contribution in [0, 0.1) is 6.92 Å². The highest BCUT2D eigenvalue weighted by atomic mass is 35.5. The maximum Gasteiger partial charge on any atom is 0.160 e. The summed E-state index contributed by atoms with van der Waals surface area (Å²) in [5.74, 6) is 0. The van der Waals surface area contributed by atoms with Gasteiger partial charge in [-0.05, 0) is 19.1 Å². The van der Waals surface area contributed by atoms with Gasteiger partial charge in [0.25, 0.3) is 0 Å². The molecule has 0 aliphatic rings. The number of nitrogens with two attached hydrogens (primary N) is 1. The third kappa shape index (κ3) is 1.23. The zero-order valence-electron chi connectivity index (χ0n) is 6.69. The molecule has 64 valence electrons. The van der Waals surface area contributed by atoms with Crippen molar-refractivity contribution in [1.82, 2.24) is 9.38 Å². The van der Waals surface area contributed by atoms with E-state index in [2.05, 4.69) is 4.98 Å². The Morgan fingerprint density at radius 2 is 2.25 bits per heavy atom. The Morgan fingerprint density at radius 1 is 1.50 bits per heavy atom. The van der Waals surface area contributed by atoms with Gasteiger partial charge >= 0.3 is 0 Å². The van der Waals surface area contributed by atoms with Gasteiger partial charge in [-0.3, -0.25) is 0 Å². The molecule has 12 heavy (non-hydrogen) atoms. The first kappa shape index (κ1) is 8.87. The van der Waals surface area contributed by atoms with Crippen LogP contribution in [0.3, 0.4) is 0 Å². The molecule has 0 aromatic carbocycles. The summed E-state index contributed by atoms with van der Waals surface area (Å²) in [6.07, 6.45) is 3.89. The quantitative estimate of drug-likeness (QED) is 0.675.